The van der Waals surface area contributed by atoms with Gasteiger partial charge in [0.05, 0.1) is 27.9 Å². The number of halogens is 4. The lowest BCUT2D eigenvalue weighted by molar-refractivity contribution is 0.102. The molecule has 3 rings (SSSR count). The van der Waals surface area contributed by atoms with E-state index < -0.39 is 38.4 Å². The van der Waals surface area contributed by atoms with Crippen molar-refractivity contribution in [1.29, 1.82) is 0 Å². The number of amides is 1. The Hall–Kier alpha value is -2.10. The quantitative estimate of drug-likeness (QED) is 0.741. The first-order valence-electron chi connectivity index (χ1n) is 8.20. The zero-order chi connectivity index (χ0) is 20.6. The zero-order valence-electron chi connectivity index (χ0n) is 14.5. The molecule has 1 N–H and O–H groups in total. The van der Waals surface area contributed by atoms with Crippen molar-refractivity contribution in [2.75, 3.05) is 11.9 Å². The van der Waals surface area contributed by atoms with Crippen molar-refractivity contribution in [3.8, 4) is 0 Å². The molecule has 0 aliphatic carbocycles. The predicted octanol–water partition coefficient (Wildman–Crippen LogP) is 3.96. The van der Waals surface area contributed by atoms with Crippen LogP contribution in [0.1, 0.15) is 23.7 Å². The molecule has 2 aromatic rings. The molecule has 10 heteroatoms. The van der Waals surface area contributed by atoms with Gasteiger partial charge in [0.1, 0.15) is 0 Å². The minimum absolute atomic E-state index is 0.0182. The third-order valence-corrected chi connectivity index (χ3v) is 6.94. The van der Waals surface area contributed by atoms with E-state index in [-0.39, 0.29) is 33.9 Å². The standard InChI is InChI=1S/C18H15ClF3NO4S/c1-9-4-12(8-27-9)28(25,26)16-5-10(2-3-13(16)19)18(24)23-11-6-14(20)17(22)15(21)7-11/h2-3,5-7,9,12H,4,8H2,1H3,(H,23,24)/t9-,12+/m0/s1. The van der Waals surface area contributed by atoms with E-state index in [2.05, 4.69) is 5.32 Å². The summed E-state index contributed by atoms with van der Waals surface area (Å²) in [7, 11) is -3.86. The molecule has 0 unspecified atom stereocenters. The Bertz CT molecular complexity index is 1020. The molecule has 1 fully saturated rings. The molecule has 0 aromatic heterocycles. The second-order valence-electron chi connectivity index (χ2n) is 6.40. The second-order valence-corrected chi connectivity index (χ2v) is 9.00. The molecule has 5 nitrogen and oxygen atoms in total. The van der Waals surface area contributed by atoms with Crippen LogP contribution in [-0.4, -0.2) is 32.3 Å². The van der Waals surface area contributed by atoms with Crippen LogP contribution in [0.15, 0.2) is 35.2 Å². The second kappa shape index (κ2) is 7.73. The summed E-state index contributed by atoms with van der Waals surface area (Å²) in [6, 6.07) is 4.82. The molecule has 2 aromatic carbocycles. The van der Waals surface area contributed by atoms with Gasteiger partial charge < -0.3 is 10.1 Å². The summed E-state index contributed by atoms with van der Waals surface area (Å²) < 4.78 is 70.6. The largest absolute Gasteiger partial charge is 0.377 e. The van der Waals surface area contributed by atoms with Crippen molar-refractivity contribution in [3.05, 3.63) is 58.4 Å². The lowest BCUT2D eigenvalue weighted by Crippen LogP contribution is -2.23. The summed E-state index contributed by atoms with van der Waals surface area (Å²) in [5, 5.41) is 1.34. The molecule has 150 valence electrons. The van der Waals surface area contributed by atoms with Crippen molar-refractivity contribution < 1.29 is 31.1 Å². The van der Waals surface area contributed by atoms with Crippen molar-refractivity contribution in [2.24, 2.45) is 0 Å². The number of hydrogen-bond acceptors (Lipinski definition) is 4. The first-order valence-corrected chi connectivity index (χ1v) is 10.1. The number of sulfone groups is 1. The van der Waals surface area contributed by atoms with Crippen LogP contribution in [0.2, 0.25) is 5.02 Å². The van der Waals surface area contributed by atoms with Crippen molar-refractivity contribution in [3.63, 3.8) is 0 Å². The van der Waals surface area contributed by atoms with Crippen molar-refractivity contribution in [1.82, 2.24) is 0 Å². The third-order valence-electron chi connectivity index (χ3n) is 4.34. The Kier molecular flexibility index (Phi) is 5.69. The fraction of sp³-hybridized carbons (Fsp3) is 0.278. The topological polar surface area (TPSA) is 72.5 Å². The van der Waals surface area contributed by atoms with E-state index in [9.17, 15) is 26.4 Å². The van der Waals surface area contributed by atoms with E-state index in [1.165, 1.54) is 12.1 Å². The molecular weight excluding hydrogens is 419 g/mol. The molecule has 1 aliphatic rings. The van der Waals surface area contributed by atoms with Crippen LogP contribution < -0.4 is 5.32 Å². The Labute approximate surface area is 164 Å². The van der Waals surface area contributed by atoms with Gasteiger partial charge in [-0.25, -0.2) is 21.6 Å². The van der Waals surface area contributed by atoms with E-state index in [0.717, 1.165) is 6.07 Å². The smallest absolute Gasteiger partial charge is 0.255 e. The average molecular weight is 434 g/mol. The summed E-state index contributed by atoms with van der Waals surface area (Å²) in [5.41, 5.74) is -0.418. The molecule has 0 bridgehead atoms. The van der Waals surface area contributed by atoms with Gasteiger partial charge in [0.15, 0.2) is 27.3 Å². The van der Waals surface area contributed by atoms with Crippen LogP contribution in [-0.2, 0) is 14.6 Å². The molecule has 1 amide bonds. The predicted molar refractivity (Wildman–Crippen MR) is 96.7 cm³/mol. The number of carbonyl (C=O) groups excluding carboxylic acids is 1. The van der Waals surface area contributed by atoms with Gasteiger partial charge in [-0.15, -0.1) is 0 Å². The van der Waals surface area contributed by atoms with Gasteiger partial charge in [-0.3, -0.25) is 4.79 Å². The summed E-state index contributed by atoms with van der Waals surface area (Å²) in [6.07, 6.45) is 0.0803. The maximum atomic E-state index is 13.3. The SMILES string of the molecule is C[C@H]1C[C@@H](S(=O)(=O)c2cc(C(=O)Nc3cc(F)c(F)c(F)c3)ccc2Cl)CO1. The molecule has 2 atom stereocenters. The molecule has 1 saturated heterocycles. The highest BCUT2D eigenvalue weighted by molar-refractivity contribution is 7.92. The zero-order valence-corrected chi connectivity index (χ0v) is 16.1. The molecule has 1 aliphatic heterocycles. The molecule has 1 heterocycles. The summed E-state index contributed by atoms with van der Waals surface area (Å²) in [4.78, 5) is 12.1. The Balaban J connectivity index is 1.90. The van der Waals surface area contributed by atoms with Crippen molar-refractivity contribution in [2.45, 2.75) is 29.6 Å². The van der Waals surface area contributed by atoms with Gasteiger partial charge in [-0.05, 0) is 31.5 Å². The molecule has 0 spiro atoms. The summed E-state index contributed by atoms with van der Waals surface area (Å²) in [5.74, 6) is -5.43. The Morgan fingerprint density at radius 3 is 2.39 bits per heavy atom. The summed E-state index contributed by atoms with van der Waals surface area (Å²) >= 11 is 6.03. The number of anilines is 1. The van der Waals surface area contributed by atoms with E-state index in [1.807, 2.05) is 0 Å². The average Bonchev–Trinajstić information content (AvgIpc) is 3.07. The van der Waals surface area contributed by atoms with Gasteiger partial charge in [0.2, 0.25) is 0 Å². The maximum absolute atomic E-state index is 13.3. The Morgan fingerprint density at radius 1 is 1.18 bits per heavy atom. The highest BCUT2D eigenvalue weighted by atomic mass is 35.5. The maximum Gasteiger partial charge on any atom is 0.255 e. The van der Waals surface area contributed by atoms with Gasteiger partial charge in [-0.2, -0.15) is 0 Å². The summed E-state index contributed by atoms with van der Waals surface area (Å²) in [6.45, 7) is 1.77. The highest BCUT2D eigenvalue weighted by Gasteiger charge is 2.36. The van der Waals surface area contributed by atoms with Crippen LogP contribution in [0.4, 0.5) is 18.9 Å². The third kappa shape index (κ3) is 4.01. The lowest BCUT2D eigenvalue weighted by Gasteiger charge is -2.13. The minimum Gasteiger partial charge on any atom is -0.377 e. The number of nitrogens with one attached hydrogen (secondary N) is 1. The highest BCUT2D eigenvalue weighted by Crippen LogP contribution is 2.31. The fourth-order valence-electron chi connectivity index (χ4n) is 2.87. The van der Waals surface area contributed by atoms with E-state index >= 15 is 0 Å². The van der Waals surface area contributed by atoms with Gasteiger partial charge >= 0.3 is 0 Å². The van der Waals surface area contributed by atoms with Gasteiger partial charge in [0, 0.05) is 23.4 Å². The van der Waals surface area contributed by atoms with E-state index in [0.29, 0.717) is 18.6 Å². The number of hydrogen-bond donors (Lipinski definition) is 1. The normalized spacial score (nSPS) is 19.6. The molecule has 0 radical (unpaired) electrons. The monoisotopic (exact) mass is 433 g/mol. The van der Waals surface area contributed by atoms with E-state index in [1.54, 1.807) is 6.92 Å². The minimum atomic E-state index is -3.86. The molecular formula is C18H15ClF3NO4S. The van der Waals surface area contributed by atoms with Gasteiger partial charge in [0.25, 0.3) is 5.91 Å². The van der Waals surface area contributed by atoms with Crippen molar-refractivity contribution >= 4 is 33.0 Å². The lowest BCUT2D eigenvalue weighted by atomic mass is 10.2. The fourth-order valence-corrected chi connectivity index (χ4v) is 5.08. The molecule has 0 saturated carbocycles. The number of ether oxygens (including phenoxy) is 1. The van der Waals surface area contributed by atoms with Crippen LogP contribution in [0, 0.1) is 17.5 Å². The van der Waals surface area contributed by atoms with Gasteiger partial charge in [-0.1, -0.05) is 11.6 Å². The molecule has 28 heavy (non-hydrogen) atoms. The van der Waals surface area contributed by atoms with E-state index in [4.69, 9.17) is 16.3 Å². The number of rotatable bonds is 4. The number of carbonyl (C=O) groups is 1. The first kappa shape index (κ1) is 20.6. The van der Waals surface area contributed by atoms with Crippen LogP contribution >= 0.6 is 11.6 Å². The van der Waals surface area contributed by atoms with Crippen LogP contribution in [0.5, 0.6) is 0 Å². The Morgan fingerprint density at radius 2 is 1.82 bits per heavy atom. The van der Waals surface area contributed by atoms with Crippen LogP contribution in [0.25, 0.3) is 0 Å². The number of benzene rings is 2. The van der Waals surface area contributed by atoms with Crippen LogP contribution in [0.3, 0.4) is 0 Å². The first-order chi connectivity index (χ1) is 13.1.